The fourth-order valence-electron chi connectivity index (χ4n) is 2.51. The fourth-order valence-corrected chi connectivity index (χ4v) is 3.36. The Morgan fingerprint density at radius 1 is 1.17 bits per heavy atom. The number of aromatic nitrogens is 2. The van der Waals surface area contributed by atoms with Crippen LogP contribution in [0.1, 0.15) is 12.5 Å². The number of rotatable bonds is 7. The molecule has 0 aliphatic carbocycles. The quantitative estimate of drug-likeness (QED) is 0.533. The van der Waals surface area contributed by atoms with Crippen molar-refractivity contribution in [2.24, 2.45) is 0 Å². The van der Waals surface area contributed by atoms with Crippen molar-refractivity contribution in [2.75, 3.05) is 19.5 Å². The summed E-state index contributed by atoms with van der Waals surface area (Å²) in [5.41, 5.74) is 2.23. The fraction of sp³-hybridized carbons (Fsp3) is 0.250. The van der Waals surface area contributed by atoms with Gasteiger partial charge in [0.1, 0.15) is 11.5 Å². The van der Waals surface area contributed by atoms with E-state index in [1.165, 1.54) is 11.8 Å². The van der Waals surface area contributed by atoms with Crippen molar-refractivity contribution in [1.82, 2.24) is 10.2 Å². The SMILES string of the molecule is COc1ccc(-c2nnc(SC(C)C(=O)Nc3cc(Cl)ccc3C)o2)c(OC)c1. The third-order valence-corrected chi connectivity index (χ3v) is 5.32. The van der Waals surface area contributed by atoms with E-state index in [0.29, 0.717) is 33.7 Å². The summed E-state index contributed by atoms with van der Waals surface area (Å²) in [6, 6.07) is 10.6. The Balaban J connectivity index is 1.71. The van der Waals surface area contributed by atoms with Crippen LogP contribution in [0.3, 0.4) is 0 Å². The number of nitrogens with one attached hydrogen (secondary N) is 1. The number of hydrogen-bond acceptors (Lipinski definition) is 7. The van der Waals surface area contributed by atoms with E-state index in [1.54, 1.807) is 51.5 Å². The molecule has 9 heteroatoms. The number of aryl methyl sites for hydroxylation is 1. The number of halogens is 1. The van der Waals surface area contributed by atoms with Crippen LogP contribution >= 0.6 is 23.4 Å². The topological polar surface area (TPSA) is 86.5 Å². The zero-order valence-electron chi connectivity index (χ0n) is 16.4. The van der Waals surface area contributed by atoms with Crippen LogP contribution in [0.4, 0.5) is 5.69 Å². The van der Waals surface area contributed by atoms with E-state index in [4.69, 9.17) is 25.5 Å². The van der Waals surface area contributed by atoms with Crippen LogP contribution in [0, 0.1) is 6.92 Å². The monoisotopic (exact) mass is 433 g/mol. The molecule has 1 heterocycles. The van der Waals surface area contributed by atoms with Crippen LogP contribution in [-0.2, 0) is 4.79 Å². The molecule has 1 unspecified atom stereocenters. The summed E-state index contributed by atoms with van der Waals surface area (Å²) >= 11 is 7.17. The predicted octanol–water partition coefficient (Wildman–Crippen LogP) is 4.83. The normalized spacial score (nSPS) is 11.8. The van der Waals surface area contributed by atoms with E-state index in [-0.39, 0.29) is 11.1 Å². The van der Waals surface area contributed by atoms with Crippen LogP contribution in [0.2, 0.25) is 5.02 Å². The van der Waals surface area contributed by atoms with E-state index < -0.39 is 5.25 Å². The summed E-state index contributed by atoms with van der Waals surface area (Å²) in [5.74, 6) is 1.31. The Labute approximate surface area is 177 Å². The lowest BCUT2D eigenvalue weighted by Gasteiger charge is -2.12. The van der Waals surface area contributed by atoms with E-state index in [2.05, 4.69) is 15.5 Å². The number of hydrogen-bond donors (Lipinski definition) is 1. The van der Waals surface area contributed by atoms with Crippen molar-refractivity contribution >= 4 is 35.0 Å². The summed E-state index contributed by atoms with van der Waals surface area (Å²) in [7, 11) is 3.13. The molecule has 0 saturated heterocycles. The minimum Gasteiger partial charge on any atom is -0.497 e. The first kappa shape index (κ1) is 21.0. The Morgan fingerprint density at radius 3 is 2.69 bits per heavy atom. The minimum atomic E-state index is -0.459. The standard InChI is InChI=1S/C20H20ClN3O4S/c1-11-5-6-13(21)9-16(11)22-18(25)12(2)29-20-24-23-19(28-20)15-8-7-14(26-3)10-17(15)27-4/h5-10,12H,1-4H3,(H,22,25). The van der Waals surface area contributed by atoms with Crippen molar-refractivity contribution in [3.8, 4) is 23.0 Å². The molecule has 7 nitrogen and oxygen atoms in total. The van der Waals surface area contributed by atoms with Gasteiger partial charge in [-0.05, 0) is 43.7 Å². The second-order valence-corrected chi connectivity index (χ2v) is 7.88. The van der Waals surface area contributed by atoms with Gasteiger partial charge in [0, 0.05) is 16.8 Å². The third-order valence-electron chi connectivity index (χ3n) is 4.15. The van der Waals surface area contributed by atoms with Gasteiger partial charge in [0.05, 0.1) is 25.0 Å². The van der Waals surface area contributed by atoms with Crippen LogP contribution in [0.25, 0.3) is 11.5 Å². The van der Waals surface area contributed by atoms with Crippen molar-refractivity contribution in [2.45, 2.75) is 24.3 Å². The first-order chi connectivity index (χ1) is 13.9. The van der Waals surface area contributed by atoms with Gasteiger partial charge >= 0.3 is 0 Å². The number of thioether (sulfide) groups is 1. The molecular weight excluding hydrogens is 414 g/mol. The highest BCUT2D eigenvalue weighted by atomic mass is 35.5. The van der Waals surface area contributed by atoms with Gasteiger partial charge in [-0.15, -0.1) is 10.2 Å². The lowest BCUT2D eigenvalue weighted by Crippen LogP contribution is -2.22. The highest BCUT2D eigenvalue weighted by Gasteiger charge is 2.21. The third kappa shape index (κ3) is 5.02. The Kier molecular flexibility index (Phi) is 6.66. The zero-order chi connectivity index (χ0) is 21.0. The Morgan fingerprint density at radius 2 is 1.97 bits per heavy atom. The summed E-state index contributed by atoms with van der Waals surface area (Å²) in [6.07, 6.45) is 0. The highest BCUT2D eigenvalue weighted by Crippen LogP contribution is 2.34. The van der Waals surface area contributed by atoms with Crippen molar-refractivity contribution in [3.63, 3.8) is 0 Å². The van der Waals surface area contributed by atoms with Crippen molar-refractivity contribution in [3.05, 3.63) is 47.0 Å². The molecule has 0 saturated carbocycles. The van der Waals surface area contributed by atoms with Crippen LogP contribution in [0.5, 0.6) is 11.5 Å². The van der Waals surface area contributed by atoms with Crippen molar-refractivity contribution in [1.29, 1.82) is 0 Å². The van der Waals surface area contributed by atoms with Gasteiger partial charge in [0.25, 0.3) is 11.1 Å². The van der Waals surface area contributed by atoms with Crippen LogP contribution in [-0.4, -0.2) is 35.6 Å². The summed E-state index contributed by atoms with van der Waals surface area (Å²) in [4.78, 5) is 12.5. The largest absolute Gasteiger partial charge is 0.497 e. The number of carbonyl (C=O) groups is 1. The van der Waals surface area contributed by atoms with E-state index in [9.17, 15) is 4.79 Å². The van der Waals surface area contributed by atoms with Crippen LogP contribution < -0.4 is 14.8 Å². The number of carbonyl (C=O) groups excluding carboxylic acids is 1. The second-order valence-electron chi connectivity index (χ2n) is 6.15. The molecule has 2 aromatic carbocycles. The molecule has 0 spiro atoms. The summed E-state index contributed by atoms with van der Waals surface area (Å²) in [5, 5.41) is 11.3. The molecule has 0 aliphatic heterocycles. The predicted molar refractivity (Wildman–Crippen MR) is 113 cm³/mol. The molecule has 152 valence electrons. The lowest BCUT2D eigenvalue weighted by atomic mass is 10.2. The first-order valence-corrected chi connectivity index (χ1v) is 9.96. The van der Waals surface area contributed by atoms with Gasteiger partial charge in [-0.3, -0.25) is 4.79 Å². The van der Waals surface area contributed by atoms with E-state index in [1.807, 2.05) is 13.0 Å². The average Bonchev–Trinajstić information content (AvgIpc) is 3.18. The van der Waals surface area contributed by atoms with Gasteiger partial charge in [0.2, 0.25) is 5.91 Å². The average molecular weight is 434 g/mol. The molecule has 1 N–H and O–H groups in total. The van der Waals surface area contributed by atoms with Gasteiger partial charge in [-0.1, -0.05) is 29.4 Å². The maximum atomic E-state index is 12.5. The smallest absolute Gasteiger partial charge is 0.277 e. The summed E-state index contributed by atoms with van der Waals surface area (Å²) < 4.78 is 16.3. The molecule has 29 heavy (non-hydrogen) atoms. The summed E-state index contributed by atoms with van der Waals surface area (Å²) in [6.45, 7) is 3.66. The Hall–Kier alpha value is -2.71. The molecule has 0 aliphatic rings. The molecule has 1 atom stereocenters. The minimum absolute atomic E-state index is 0.192. The maximum Gasteiger partial charge on any atom is 0.277 e. The Bertz CT molecular complexity index is 1020. The molecule has 3 aromatic rings. The number of ether oxygens (including phenoxy) is 2. The van der Waals surface area contributed by atoms with Gasteiger partial charge < -0.3 is 19.2 Å². The molecule has 0 bridgehead atoms. The number of amides is 1. The molecule has 3 rings (SSSR count). The molecule has 0 fully saturated rings. The van der Waals surface area contributed by atoms with Gasteiger partial charge in [-0.2, -0.15) is 0 Å². The molecular formula is C20H20ClN3O4S. The highest BCUT2D eigenvalue weighted by molar-refractivity contribution is 8.00. The molecule has 1 aromatic heterocycles. The van der Waals surface area contributed by atoms with Crippen LogP contribution in [0.15, 0.2) is 46.0 Å². The lowest BCUT2D eigenvalue weighted by molar-refractivity contribution is -0.115. The zero-order valence-corrected chi connectivity index (χ0v) is 17.9. The second kappa shape index (κ2) is 9.19. The number of nitrogens with zero attached hydrogens (tertiary/aromatic N) is 2. The van der Waals surface area contributed by atoms with E-state index >= 15 is 0 Å². The van der Waals surface area contributed by atoms with Gasteiger partial charge in [0.15, 0.2) is 0 Å². The molecule has 1 amide bonds. The number of methoxy groups -OCH3 is 2. The first-order valence-electron chi connectivity index (χ1n) is 8.71. The molecule has 0 radical (unpaired) electrons. The number of anilines is 1. The van der Waals surface area contributed by atoms with Crippen molar-refractivity contribution < 1.29 is 18.7 Å². The van der Waals surface area contributed by atoms with Gasteiger partial charge in [-0.25, -0.2) is 0 Å². The van der Waals surface area contributed by atoms with E-state index in [0.717, 1.165) is 5.56 Å². The number of benzene rings is 2. The maximum absolute atomic E-state index is 12.5.